The first kappa shape index (κ1) is 15.1. The van der Waals surface area contributed by atoms with Gasteiger partial charge < -0.3 is 9.47 Å². The summed E-state index contributed by atoms with van der Waals surface area (Å²) in [6.07, 6.45) is 1.05. The van der Waals surface area contributed by atoms with E-state index in [4.69, 9.17) is 4.74 Å². The second-order valence-corrected chi connectivity index (χ2v) is 5.00. The van der Waals surface area contributed by atoms with Gasteiger partial charge in [0.2, 0.25) is 0 Å². The summed E-state index contributed by atoms with van der Waals surface area (Å²) < 4.78 is 10.4. The van der Waals surface area contributed by atoms with Crippen molar-refractivity contribution < 1.29 is 14.3 Å². The fourth-order valence-electron chi connectivity index (χ4n) is 1.99. The predicted octanol–water partition coefficient (Wildman–Crippen LogP) is 3.68. The lowest BCUT2D eigenvalue weighted by molar-refractivity contribution is -0.140. The molecule has 0 unspecified atom stereocenters. The zero-order valence-corrected chi connectivity index (χ0v) is 12.5. The van der Waals surface area contributed by atoms with Crippen molar-refractivity contribution in [1.29, 1.82) is 0 Å². The van der Waals surface area contributed by atoms with Gasteiger partial charge in [-0.2, -0.15) is 0 Å². The summed E-state index contributed by atoms with van der Waals surface area (Å²) in [5.74, 6) is 0.624. The standard InChI is InChI=1S/C18H20O3/c1-14-6-8-16(9-7-14)13-21-17-5-3-4-15(12-17)10-11-18(19)20-2/h3-9,12H,10-11,13H2,1-2H3. The largest absolute Gasteiger partial charge is 0.489 e. The van der Waals surface area contributed by atoms with E-state index in [1.54, 1.807) is 0 Å². The van der Waals surface area contributed by atoms with E-state index in [0.29, 0.717) is 19.4 Å². The number of carbonyl (C=O) groups excluding carboxylic acids is 1. The minimum atomic E-state index is -0.194. The van der Waals surface area contributed by atoms with Crippen LogP contribution in [-0.2, 0) is 22.6 Å². The monoisotopic (exact) mass is 284 g/mol. The van der Waals surface area contributed by atoms with Crippen molar-refractivity contribution in [2.45, 2.75) is 26.4 Å². The maximum absolute atomic E-state index is 11.2. The van der Waals surface area contributed by atoms with Gasteiger partial charge in [0.15, 0.2) is 0 Å². The molecule has 110 valence electrons. The highest BCUT2D eigenvalue weighted by atomic mass is 16.5. The van der Waals surface area contributed by atoms with E-state index in [2.05, 4.69) is 35.9 Å². The van der Waals surface area contributed by atoms with Gasteiger partial charge >= 0.3 is 5.97 Å². The van der Waals surface area contributed by atoms with Gasteiger partial charge in [-0.05, 0) is 36.6 Å². The molecule has 2 aromatic carbocycles. The first-order valence-electron chi connectivity index (χ1n) is 7.01. The number of hydrogen-bond acceptors (Lipinski definition) is 3. The average Bonchev–Trinajstić information content (AvgIpc) is 2.52. The molecule has 3 heteroatoms. The zero-order valence-electron chi connectivity index (χ0n) is 12.5. The molecule has 0 radical (unpaired) electrons. The van der Waals surface area contributed by atoms with Gasteiger partial charge in [-0.1, -0.05) is 42.0 Å². The third kappa shape index (κ3) is 4.95. The van der Waals surface area contributed by atoms with Crippen molar-refractivity contribution in [1.82, 2.24) is 0 Å². The van der Waals surface area contributed by atoms with Crippen LogP contribution in [0.5, 0.6) is 5.75 Å². The first-order chi connectivity index (χ1) is 10.2. The second-order valence-electron chi connectivity index (χ2n) is 5.00. The quantitative estimate of drug-likeness (QED) is 0.759. The van der Waals surface area contributed by atoms with Gasteiger partial charge in [0, 0.05) is 6.42 Å². The molecule has 0 aliphatic rings. The van der Waals surface area contributed by atoms with Crippen molar-refractivity contribution in [3.63, 3.8) is 0 Å². The molecular weight excluding hydrogens is 264 g/mol. The Labute approximate surface area is 125 Å². The van der Waals surface area contributed by atoms with E-state index in [9.17, 15) is 4.79 Å². The highest BCUT2D eigenvalue weighted by molar-refractivity contribution is 5.69. The van der Waals surface area contributed by atoms with Crippen molar-refractivity contribution in [3.05, 3.63) is 65.2 Å². The molecular formula is C18H20O3. The van der Waals surface area contributed by atoms with E-state index < -0.39 is 0 Å². The van der Waals surface area contributed by atoms with Gasteiger partial charge in [-0.3, -0.25) is 4.79 Å². The Balaban J connectivity index is 1.91. The molecule has 0 aliphatic heterocycles. The number of rotatable bonds is 6. The van der Waals surface area contributed by atoms with Crippen molar-refractivity contribution >= 4 is 5.97 Å². The molecule has 0 N–H and O–H groups in total. The van der Waals surface area contributed by atoms with Crippen molar-refractivity contribution in [2.24, 2.45) is 0 Å². The minimum absolute atomic E-state index is 0.194. The number of methoxy groups -OCH3 is 1. The Morgan fingerprint density at radius 1 is 1.05 bits per heavy atom. The summed E-state index contributed by atoms with van der Waals surface area (Å²) in [6, 6.07) is 16.1. The van der Waals surface area contributed by atoms with Gasteiger partial charge in [-0.25, -0.2) is 0 Å². The molecule has 0 fully saturated rings. The third-order valence-corrected chi connectivity index (χ3v) is 3.27. The van der Waals surface area contributed by atoms with Crippen molar-refractivity contribution in [3.8, 4) is 5.75 Å². The van der Waals surface area contributed by atoms with E-state index in [1.807, 2.05) is 24.3 Å². The maximum atomic E-state index is 11.2. The molecule has 21 heavy (non-hydrogen) atoms. The molecule has 0 aliphatic carbocycles. The molecule has 0 saturated heterocycles. The van der Waals surface area contributed by atoms with Crippen LogP contribution in [0.4, 0.5) is 0 Å². The fourth-order valence-corrected chi connectivity index (χ4v) is 1.99. The number of esters is 1. The third-order valence-electron chi connectivity index (χ3n) is 3.27. The smallest absolute Gasteiger partial charge is 0.305 e. The Morgan fingerprint density at radius 3 is 2.52 bits per heavy atom. The molecule has 2 aromatic rings. The Kier molecular flexibility index (Phi) is 5.38. The second kappa shape index (κ2) is 7.48. The molecule has 0 aromatic heterocycles. The lowest BCUT2D eigenvalue weighted by Gasteiger charge is -2.08. The van der Waals surface area contributed by atoms with E-state index >= 15 is 0 Å². The number of carbonyl (C=O) groups is 1. The summed E-state index contributed by atoms with van der Waals surface area (Å²) in [5, 5.41) is 0. The lowest BCUT2D eigenvalue weighted by Crippen LogP contribution is -2.02. The molecule has 0 bridgehead atoms. The average molecular weight is 284 g/mol. The Bertz CT molecular complexity index is 588. The predicted molar refractivity (Wildman–Crippen MR) is 82.3 cm³/mol. The van der Waals surface area contributed by atoms with Crippen molar-refractivity contribution in [2.75, 3.05) is 7.11 Å². The lowest BCUT2D eigenvalue weighted by atomic mass is 10.1. The van der Waals surface area contributed by atoms with Crippen LogP contribution in [-0.4, -0.2) is 13.1 Å². The van der Waals surface area contributed by atoms with Crippen LogP contribution in [0.1, 0.15) is 23.1 Å². The van der Waals surface area contributed by atoms with Crippen LogP contribution >= 0.6 is 0 Å². The zero-order chi connectivity index (χ0) is 15.1. The van der Waals surface area contributed by atoms with Crippen LogP contribution in [0.15, 0.2) is 48.5 Å². The van der Waals surface area contributed by atoms with Gasteiger partial charge in [0.05, 0.1) is 7.11 Å². The topological polar surface area (TPSA) is 35.5 Å². The SMILES string of the molecule is COC(=O)CCc1cccc(OCc2ccc(C)cc2)c1. The number of aryl methyl sites for hydroxylation is 2. The highest BCUT2D eigenvalue weighted by Gasteiger charge is 2.03. The summed E-state index contributed by atoms with van der Waals surface area (Å²) >= 11 is 0. The van der Waals surface area contributed by atoms with Crippen LogP contribution < -0.4 is 4.74 Å². The van der Waals surface area contributed by atoms with Crippen LogP contribution in [0.3, 0.4) is 0 Å². The molecule has 0 saturated carbocycles. The van der Waals surface area contributed by atoms with E-state index in [0.717, 1.165) is 16.9 Å². The summed E-state index contributed by atoms with van der Waals surface area (Å²) in [7, 11) is 1.41. The fraction of sp³-hybridized carbons (Fsp3) is 0.278. The first-order valence-corrected chi connectivity index (χ1v) is 7.01. The Morgan fingerprint density at radius 2 is 1.81 bits per heavy atom. The molecule has 0 spiro atoms. The van der Waals surface area contributed by atoms with Gasteiger partial charge in [-0.15, -0.1) is 0 Å². The van der Waals surface area contributed by atoms with Crippen LogP contribution in [0, 0.1) is 6.92 Å². The van der Waals surface area contributed by atoms with E-state index in [1.165, 1.54) is 12.7 Å². The number of benzene rings is 2. The summed E-state index contributed by atoms with van der Waals surface area (Å²) in [5.41, 5.74) is 3.45. The van der Waals surface area contributed by atoms with Crippen LogP contribution in [0.2, 0.25) is 0 Å². The minimum Gasteiger partial charge on any atom is -0.489 e. The van der Waals surface area contributed by atoms with E-state index in [-0.39, 0.29) is 5.97 Å². The normalized spacial score (nSPS) is 10.2. The maximum Gasteiger partial charge on any atom is 0.305 e. The summed E-state index contributed by atoms with van der Waals surface area (Å²) in [6.45, 7) is 2.61. The molecule has 0 amide bonds. The van der Waals surface area contributed by atoms with Crippen LogP contribution in [0.25, 0.3) is 0 Å². The summed E-state index contributed by atoms with van der Waals surface area (Å²) in [4.78, 5) is 11.2. The molecule has 2 rings (SSSR count). The molecule has 3 nitrogen and oxygen atoms in total. The highest BCUT2D eigenvalue weighted by Crippen LogP contribution is 2.16. The van der Waals surface area contributed by atoms with Gasteiger partial charge in [0.25, 0.3) is 0 Å². The Hall–Kier alpha value is -2.29. The molecule has 0 heterocycles. The number of ether oxygens (including phenoxy) is 2. The molecule has 0 atom stereocenters. The van der Waals surface area contributed by atoms with Gasteiger partial charge in [0.1, 0.15) is 12.4 Å². The number of hydrogen-bond donors (Lipinski definition) is 0.